The standard InChI is InChI=1S/C23H23N7O5S/c1-14-12-25-20(26-13-14)19(34-3)15(2)36(32,33)29-23-28-27-21(16-8-6-5-7-9-16)30(23)18-17(31)10-11-24-22(18)35-4/h5-6,8,10-13,15,19H,1-4H3,(H,24,31)(H,28,29)/t15-,19-/m0/s1. The Hall–Kier alpha value is -4.28. The molecule has 0 bridgehead atoms. The van der Waals surface area contributed by atoms with Crippen molar-refractivity contribution in [2.45, 2.75) is 25.2 Å². The molecule has 0 saturated carbocycles. The minimum absolute atomic E-state index is 0.0206. The molecular weight excluding hydrogens is 486 g/mol. The van der Waals surface area contributed by atoms with E-state index in [1.54, 1.807) is 30.6 Å². The minimum atomic E-state index is -4.16. The smallest absolute Gasteiger partial charge is 0.243 e. The van der Waals surface area contributed by atoms with E-state index in [0.717, 1.165) is 5.56 Å². The quantitative estimate of drug-likeness (QED) is 0.344. The first-order chi connectivity index (χ1) is 17.3. The number of anilines is 1. The molecule has 4 rings (SSSR count). The van der Waals surface area contributed by atoms with E-state index in [9.17, 15) is 13.2 Å². The summed E-state index contributed by atoms with van der Waals surface area (Å²) < 4.78 is 41.4. The lowest BCUT2D eigenvalue weighted by Crippen LogP contribution is -2.33. The average molecular weight is 510 g/mol. The molecule has 3 heterocycles. The zero-order chi connectivity index (χ0) is 25.9. The van der Waals surface area contributed by atoms with Crippen molar-refractivity contribution in [2.24, 2.45) is 0 Å². The highest BCUT2D eigenvalue weighted by molar-refractivity contribution is 7.93. The van der Waals surface area contributed by atoms with E-state index in [0.29, 0.717) is 5.56 Å². The molecule has 2 atom stereocenters. The number of methoxy groups -OCH3 is 2. The normalized spacial score (nSPS) is 13.0. The van der Waals surface area contributed by atoms with Crippen molar-refractivity contribution in [1.29, 1.82) is 0 Å². The maximum atomic E-state index is 13.5. The first-order valence-electron chi connectivity index (χ1n) is 10.7. The van der Waals surface area contributed by atoms with Gasteiger partial charge in [-0.2, -0.15) is 0 Å². The molecule has 0 spiro atoms. The summed E-state index contributed by atoms with van der Waals surface area (Å²) >= 11 is 0. The number of aryl methyl sites for hydroxylation is 1. The molecule has 0 aliphatic rings. The summed E-state index contributed by atoms with van der Waals surface area (Å²) in [5, 5.41) is 7.01. The highest BCUT2D eigenvalue weighted by Gasteiger charge is 2.35. The molecule has 0 amide bonds. The number of ether oxygens (including phenoxy) is 2. The van der Waals surface area contributed by atoms with Gasteiger partial charge < -0.3 is 14.5 Å². The number of aromatic amines is 1. The van der Waals surface area contributed by atoms with Crippen LogP contribution in [0.2, 0.25) is 0 Å². The van der Waals surface area contributed by atoms with Crippen LogP contribution in [0.3, 0.4) is 0 Å². The Balaban J connectivity index is 1.81. The van der Waals surface area contributed by atoms with Crippen molar-refractivity contribution in [1.82, 2.24) is 29.7 Å². The number of hydrogen-bond donors (Lipinski definition) is 2. The fraction of sp³-hybridized carbons (Fsp3) is 0.261. The van der Waals surface area contributed by atoms with Crippen LogP contribution >= 0.6 is 0 Å². The second-order valence-electron chi connectivity index (χ2n) is 7.74. The number of nitrogens with one attached hydrogen (secondary N) is 2. The van der Waals surface area contributed by atoms with Crippen LogP contribution in [-0.2, 0) is 14.8 Å². The summed E-state index contributed by atoms with van der Waals surface area (Å²) in [6.07, 6.45) is 3.58. The molecule has 2 N–H and O–H groups in total. The largest absolute Gasteiger partial charge is 0.481 e. The van der Waals surface area contributed by atoms with Crippen molar-refractivity contribution in [3.05, 3.63) is 76.6 Å². The molecule has 13 heteroatoms. The average Bonchev–Trinajstić information content (AvgIpc) is 3.28. The van der Waals surface area contributed by atoms with Crippen molar-refractivity contribution in [3.63, 3.8) is 0 Å². The Kier molecular flexibility index (Phi) is 7.00. The summed E-state index contributed by atoms with van der Waals surface area (Å²) in [5.41, 5.74) is 0.770. The van der Waals surface area contributed by atoms with Gasteiger partial charge in [0.15, 0.2) is 17.3 Å². The third-order valence-corrected chi connectivity index (χ3v) is 7.03. The van der Waals surface area contributed by atoms with Crippen LogP contribution in [0, 0.1) is 19.1 Å². The van der Waals surface area contributed by atoms with Crippen LogP contribution in [0.4, 0.5) is 5.95 Å². The van der Waals surface area contributed by atoms with Crippen LogP contribution in [0.1, 0.15) is 24.4 Å². The van der Waals surface area contributed by atoms with Gasteiger partial charge >= 0.3 is 0 Å². The highest BCUT2D eigenvalue weighted by Crippen LogP contribution is 2.29. The van der Waals surface area contributed by atoms with Crippen LogP contribution < -0.4 is 14.9 Å². The molecule has 1 aromatic carbocycles. The zero-order valence-electron chi connectivity index (χ0n) is 19.9. The van der Waals surface area contributed by atoms with E-state index >= 15 is 0 Å². The number of H-pyrrole nitrogens is 1. The monoisotopic (exact) mass is 509 g/mol. The second-order valence-corrected chi connectivity index (χ2v) is 9.78. The molecule has 0 radical (unpaired) electrons. The Morgan fingerprint density at radius 3 is 2.56 bits per heavy atom. The van der Waals surface area contributed by atoms with E-state index in [-0.39, 0.29) is 29.2 Å². The number of pyridine rings is 1. The van der Waals surface area contributed by atoms with Gasteiger partial charge in [0.2, 0.25) is 27.3 Å². The maximum Gasteiger partial charge on any atom is 0.243 e. The molecule has 0 aliphatic carbocycles. The van der Waals surface area contributed by atoms with Gasteiger partial charge in [-0.1, -0.05) is 18.2 Å². The topological polar surface area (TPSA) is 154 Å². The molecule has 3 aromatic heterocycles. The van der Waals surface area contributed by atoms with Crippen molar-refractivity contribution in [2.75, 3.05) is 18.9 Å². The lowest BCUT2D eigenvalue weighted by Gasteiger charge is -2.22. The van der Waals surface area contributed by atoms with E-state index in [2.05, 4.69) is 42.0 Å². The molecule has 0 unspecified atom stereocenters. The Morgan fingerprint density at radius 1 is 1.17 bits per heavy atom. The Morgan fingerprint density at radius 2 is 1.92 bits per heavy atom. The SMILES string of the molecule is COc1[nH]ccc(=O)c1-n1c(NS(=O)(=O)[C@@H](C)[C@H](OC)c2ncc(C)cn2)nnc1-c1c#cccc1. The first-order valence-corrected chi connectivity index (χ1v) is 12.2. The molecule has 4 aromatic rings. The third-order valence-electron chi connectivity index (χ3n) is 5.34. The van der Waals surface area contributed by atoms with Gasteiger partial charge in [0.05, 0.1) is 12.7 Å². The Bertz CT molecular complexity index is 1500. The van der Waals surface area contributed by atoms with Gasteiger partial charge in [-0.05, 0) is 31.5 Å². The van der Waals surface area contributed by atoms with E-state index in [4.69, 9.17) is 9.47 Å². The predicted molar refractivity (Wildman–Crippen MR) is 130 cm³/mol. The Labute approximate surface area is 207 Å². The van der Waals surface area contributed by atoms with Gasteiger partial charge in [0, 0.05) is 31.8 Å². The number of hydrogen-bond acceptors (Lipinski definition) is 9. The molecule has 0 saturated heterocycles. The molecule has 36 heavy (non-hydrogen) atoms. The highest BCUT2D eigenvalue weighted by atomic mass is 32.2. The molecule has 186 valence electrons. The van der Waals surface area contributed by atoms with Crippen molar-refractivity contribution < 1.29 is 17.9 Å². The van der Waals surface area contributed by atoms with Gasteiger partial charge in [0.25, 0.3) is 0 Å². The summed E-state index contributed by atoms with van der Waals surface area (Å²) in [4.78, 5) is 24.1. The van der Waals surface area contributed by atoms with Crippen molar-refractivity contribution in [3.8, 4) is 23.0 Å². The van der Waals surface area contributed by atoms with Gasteiger partial charge in [0.1, 0.15) is 11.4 Å². The fourth-order valence-electron chi connectivity index (χ4n) is 3.48. The van der Waals surface area contributed by atoms with Crippen LogP contribution in [0.15, 0.2) is 47.7 Å². The summed E-state index contributed by atoms with van der Waals surface area (Å²) in [6.45, 7) is 3.27. The minimum Gasteiger partial charge on any atom is -0.481 e. The van der Waals surface area contributed by atoms with Gasteiger partial charge in [-0.25, -0.2) is 18.4 Å². The lowest BCUT2D eigenvalue weighted by atomic mass is 10.2. The zero-order valence-corrected chi connectivity index (χ0v) is 20.7. The van der Waals surface area contributed by atoms with Crippen molar-refractivity contribution >= 4 is 16.0 Å². The fourth-order valence-corrected chi connectivity index (χ4v) is 4.61. The first kappa shape index (κ1) is 24.8. The number of aromatic nitrogens is 6. The summed E-state index contributed by atoms with van der Waals surface area (Å²) in [7, 11) is -1.42. The van der Waals surface area contributed by atoms with E-state index in [1.165, 1.54) is 38.0 Å². The molecular formula is C23H23N7O5S. The van der Waals surface area contributed by atoms with E-state index < -0.39 is 26.8 Å². The van der Waals surface area contributed by atoms with Gasteiger partial charge in [-0.3, -0.25) is 14.1 Å². The predicted octanol–water partition coefficient (Wildman–Crippen LogP) is 1.85. The molecule has 0 aliphatic heterocycles. The van der Waals surface area contributed by atoms with E-state index in [1.807, 2.05) is 6.92 Å². The summed E-state index contributed by atoms with van der Waals surface area (Å²) in [5.74, 6) is 0.208. The van der Waals surface area contributed by atoms with Crippen LogP contribution in [-0.4, -0.2) is 57.6 Å². The van der Waals surface area contributed by atoms with Crippen LogP contribution in [0.25, 0.3) is 17.1 Å². The van der Waals surface area contributed by atoms with Crippen LogP contribution in [0.5, 0.6) is 5.88 Å². The number of sulfonamides is 1. The second kappa shape index (κ2) is 10.1. The summed E-state index contributed by atoms with van der Waals surface area (Å²) in [6, 6.07) is 12.0. The third kappa shape index (κ3) is 4.77. The molecule has 12 nitrogen and oxygen atoms in total. The van der Waals surface area contributed by atoms with Gasteiger partial charge in [-0.15, -0.1) is 10.2 Å². The lowest BCUT2D eigenvalue weighted by molar-refractivity contribution is 0.0949. The number of rotatable bonds is 9. The number of nitrogens with zero attached hydrogens (tertiary/aromatic N) is 5. The maximum absolute atomic E-state index is 13.5. The molecule has 0 fully saturated rings.